The summed E-state index contributed by atoms with van der Waals surface area (Å²) >= 11 is 0. The highest BCUT2D eigenvalue weighted by atomic mass is 16.6. The van der Waals surface area contributed by atoms with Crippen molar-refractivity contribution >= 4 is 18.1 Å². The summed E-state index contributed by atoms with van der Waals surface area (Å²) in [4.78, 5) is 25.5. The number of hydrogen-bond acceptors (Lipinski definition) is 4. The van der Waals surface area contributed by atoms with Crippen LogP contribution in [0.4, 0.5) is 4.79 Å². The molecule has 1 amide bonds. The molecule has 0 radical (unpaired) electrons. The third-order valence-electron chi connectivity index (χ3n) is 2.97. The number of benzene rings is 1. The van der Waals surface area contributed by atoms with Crippen molar-refractivity contribution in [1.82, 2.24) is 4.90 Å². The molecule has 5 nitrogen and oxygen atoms in total. The maximum Gasteiger partial charge on any atom is 0.415 e. The lowest BCUT2D eigenvalue weighted by Crippen LogP contribution is -2.39. The Labute approximate surface area is 124 Å². The van der Waals surface area contributed by atoms with Crippen LogP contribution in [0.15, 0.2) is 30.0 Å². The van der Waals surface area contributed by atoms with Gasteiger partial charge in [0.05, 0.1) is 13.7 Å². The van der Waals surface area contributed by atoms with E-state index >= 15 is 0 Å². The van der Waals surface area contributed by atoms with Gasteiger partial charge < -0.3 is 9.47 Å². The molecule has 1 aromatic rings. The molecule has 5 heteroatoms. The quantitative estimate of drug-likeness (QED) is 0.746. The van der Waals surface area contributed by atoms with Crippen LogP contribution >= 0.6 is 0 Å². The van der Waals surface area contributed by atoms with Gasteiger partial charge in [0.25, 0.3) is 0 Å². The molecule has 1 aromatic carbocycles. The molecule has 0 N–H and O–H groups in total. The molecule has 0 aliphatic carbocycles. The molecular weight excluding hydrogens is 270 g/mol. The lowest BCUT2D eigenvalue weighted by atomic mass is 10.0. The Kier molecular flexibility index (Phi) is 4.02. The number of carbonyl (C=O) groups is 2. The van der Waals surface area contributed by atoms with Crippen LogP contribution in [-0.2, 0) is 20.8 Å². The summed E-state index contributed by atoms with van der Waals surface area (Å²) < 4.78 is 10.1. The molecule has 0 fully saturated rings. The summed E-state index contributed by atoms with van der Waals surface area (Å²) in [7, 11) is 1.29. The van der Waals surface area contributed by atoms with Crippen molar-refractivity contribution in [3.63, 3.8) is 0 Å². The van der Waals surface area contributed by atoms with Crippen LogP contribution < -0.4 is 0 Å². The molecule has 0 saturated heterocycles. The smallest absolute Gasteiger partial charge is 0.415 e. The van der Waals surface area contributed by atoms with Crippen LogP contribution in [-0.4, -0.2) is 29.7 Å². The molecule has 21 heavy (non-hydrogen) atoms. The standard InChI is InChI=1S/C16H19NO4/c1-16(2,3)21-15(19)17-10-12-8-6-5-7-11(12)9-13(17)14(18)20-4/h5-9H,10H2,1-4H3. The van der Waals surface area contributed by atoms with E-state index in [4.69, 9.17) is 9.47 Å². The zero-order valence-electron chi connectivity index (χ0n) is 12.7. The Balaban J connectivity index is 2.37. The average Bonchev–Trinajstić information content (AvgIpc) is 2.43. The van der Waals surface area contributed by atoms with Gasteiger partial charge in [0.1, 0.15) is 11.3 Å². The van der Waals surface area contributed by atoms with E-state index in [2.05, 4.69) is 0 Å². The minimum absolute atomic E-state index is 0.186. The van der Waals surface area contributed by atoms with Gasteiger partial charge in [-0.05, 0) is 38.0 Å². The fourth-order valence-electron chi connectivity index (χ4n) is 2.05. The molecule has 1 heterocycles. The van der Waals surface area contributed by atoms with Gasteiger partial charge >= 0.3 is 12.1 Å². The summed E-state index contributed by atoms with van der Waals surface area (Å²) in [5.41, 5.74) is 1.41. The van der Waals surface area contributed by atoms with Crippen molar-refractivity contribution < 1.29 is 19.1 Å². The maximum absolute atomic E-state index is 12.3. The third kappa shape index (κ3) is 3.42. The number of rotatable bonds is 1. The van der Waals surface area contributed by atoms with Gasteiger partial charge in [0.15, 0.2) is 0 Å². The van der Waals surface area contributed by atoms with Gasteiger partial charge in [-0.25, -0.2) is 9.59 Å². The van der Waals surface area contributed by atoms with E-state index in [1.165, 1.54) is 12.0 Å². The van der Waals surface area contributed by atoms with Crippen molar-refractivity contribution in [3.8, 4) is 0 Å². The third-order valence-corrected chi connectivity index (χ3v) is 2.97. The maximum atomic E-state index is 12.3. The average molecular weight is 289 g/mol. The van der Waals surface area contributed by atoms with Crippen molar-refractivity contribution in [2.75, 3.05) is 7.11 Å². The predicted octanol–water partition coefficient (Wildman–Crippen LogP) is 2.95. The Bertz CT molecular complexity index is 599. The highest BCUT2D eigenvalue weighted by Crippen LogP contribution is 2.27. The summed E-state index contributed by atoms with van der Waals surface area (Å²) in [5.74, 6) is -0.560. The molecule has 112 valence electrons. The van der Waals surface area contributed by atoms with Crippen molar-refractivity contribution in [2.45, 2.75) is 32.9 Å². The second kappa shape index (κ2) is 5.60. The summed E-state index contributed by atoms with van der Waals surface area (Å²) in [6, 6.07) is 7.58. The van der Waals surface area contributed by atoms with Crippen molar-refractivity contribution in [2.24, 2.45) is 0 Å². The summed E-state index contributed by atoms with van der Waals surface area (Å²) in [5, 5.41) is 0. The first kappa shape index (κ1) is 15.1. The first-order valence-electron chi connectivity index (χ1n) is 6.70. The first-order chi connectivity index (χ1) is 9.81. The molecule has 0 unspecified atom stereocenters. The van der Waals surface area contributed by atoms with Gasteiger partial charge in [-0.2, -0.15) is 0 Å². The number of methoxy groups -OCH3 is 1. The van der Waals surface area contributed by atoms with E-state index in [1.807, 2.05) is 24.3 Å². The lowest BCUT2D eigenvalue weighted by molar-refractivity contribution is -0.138. The Morgan fingerprint density at radius 2 is 1.86 bits per heavy atom. The van der Waals surface area contributed by atoms with Crippen LogP contribution in [0, 0.1) is 0 Å². The monoisotopic (exact) mass is 289 g/mol. The zero-order valence-corrected chi connectivity index (χ0v) is 12.7. The molecule has 1 aliphatic heterocycles. The number of ether oxygens (including phenoxy) is 2. The summed E-state index contributed by atoms with van der Waals surface area (Å²) in [6.07, 6.45) is 1.09. The lowest BCUT2D eigenvalue weighted by Gasteiger charge is -2.30. The van der Waals surface area contributed by atoms with Crippen molar-refractivity contribution in [3.05, 3.63) is 41.1 Å². The molecule has 0 saturated carbocycles. The minimum atomic E-state index is -0.630. The molecule has 2 rings (SSSR count). The van der Waals surface area contributed by atoms with Gasteiger partial charge in [0.2, 0.25) is 0 Å². The highest BCUT2D eigenvalue weighted by molar-refractivity contribution is 5.97. The van der Waals surface area contributed by atoms with Crippen molar-refractivity contribution in [1.29, 1.82) is 0 Å². The Hall–Kier alpha value is -2.30. The largest absolute Gasteiger partial charge is 0.464 e. The molecule has 0 bridgehead atoms. The van der Waals surface area contributed by atoms with E-state index < -0.39 is 17.7 Å². The second-order valence-corrected chi connectivity index (χ2v) is 5.79. The number of hydrogen-bond donors (Lipinski definition) is 0. The van der Waals surface area contributed by atoms with Gasteiger partial charge in [0, 0.05) is 0 Å². The van der Waals surface area contributed by atoms with Crippen LogP contribution in [0.1, 0.15) is 31.9 Å². The van der Waals surface area contributed by atoms with Gasteiger partial charge in [-0.3, -0.25) is 4.90 Å². The fraction of sp³-hybridized carbons (Fsp3) is 0.375. The molecule has 0 spiro atoms. The van der Waals surface area contributed by atoms with Gasteiger partial charge in [-0.15, -0.1) is 0 Å². The SMILES string of the molecule is COC(=O)C1=Cc2ccccc2CN1C(=O)OC(C)(C)C. The topological polar surface area (TPSA) is 55.8 Å². The van der Waals surface area contributed by atoms with Crippen LogP contribution in [0.25, 0.3) is 6.08 Å². The van der Waals surface area contributed by atoms with Crippen LogP contribution in [0.2, 0.25) is 0 Å². The summed E-state index contributed by atoms with van der Waals surface area (Å²) in [6.45, 7) is 5.63. The van der Waals surface area contributed by atoms with E-state index in [0.29, 0.717) is 0 Å². The fourth-order valence-corrected chi connectivity index (χ4v) is 2.05. The predicted molar refractivity (Wildman–Crippen MR) is 78.2 cm³/mol. The molecular formula is C16H19NO4. The molecule has 1 aliphatic rings. The second-order valence-electron chi connectivity index (χ2n) is 5.79. The van der Waals surface area contributed by atoms with E-state index in [1.54, 1.807) is 26.8 Å². The zero-order chi connectivity index (χ0) is 15.6. The highest BCUT2D eigenvalue weighted by Gasteiger charge is 2.31. The van der Waals surface area contributed by atoms with Crippen LogP contribution in [0.3, 0.4) is 0 Å². The van der Waals surface area contributed by atoms with E-state index in [-0.39, 0.29) is 12.2 Å². The number of nitrogens with zero attached hydrogens (tertiary/aromatic N) is 1. The number of fused-ring (bicyclic) bond motifs is 1. The van der Waals surface area contributed by atoms with Gasteiger partial charge in [-0.1, -0.05) is 24.3 Å². The van der Waals surface area contributed by atoms with E-state index in [9.17, 15) is 9.59 Å². The Morgan fingerprint density at radius 3 is 2.48 bits per heavy atom. The van der Waals surface area contributed by atoms with Crippen LogP contribution in [0.5, 0.6) is 0 Å². The number of carbonyl (C=O) groups excluding carboxylic acids is 2. The van der Waals surface area contributed by atoms with E-state index in [0.717, 1.165) is 11.1 Å². The Morgan fingerprint density at radius 1 is 1.19 bits per heavy atom. The first-order valence-corrected chi connectivity index (χ1v) is 6.70. The number of amides is 1. The normalized spacial score (nSPS) is 14.1. The minimum Gasteiger partial charge on any atom is -0.464 e. The molecule has 0 aromatic heterocycles. The number of esters is 1. The molecule has 0 atom stereocenters.